The maximum Gasteiger partial charge on any atom is 0.0440 e. The Bertz CT molecular complexity index is 459. The Kier molecular flexibility index (Phi) is 4.54. The molecule has 1 heteroatoms. The zero-order valence-electron chi connectivity index (χ0n) is 10.8. The monoisotopic (exact) mass is 240 g/mol. The molecule has 0 bridgehead atoms. The van der Waals surface area contributed by atoms with E-state index in [2.05, 4.69) is 55.5 Å². The molecule has 0 fully saturated rings. The lowest BCUT2D eigenvalue weighted by molar-refractivity contribution is 0.281. The van der Waals surface area contributed by atoms with Crippen molar-refractivity contribution in [2.45, 2.75) is 25.7 Å². The summed E-state index contributed by atoms with van der Waals surface area (Å²) in [5, 5.41) is 9.26. The summed E-state index contributed by atoms with van der Waals surface area (Å²) in [5.41, 5.74) is 3.91. The number of hydrogen-bond donors (Lipinski definition) is 1. The molecule has 2 rings (SSSR count). The van der Waals surface area contributed by atoms with E-state index in [0.29, 0.717) is 5.92 Å². The van der Waals surface area contributed by atoms with E-state index >= 15 is 0 Å². The molecule has 0 saturated carbocycles. The molecule has 0 amide bonds. The fourth-order valence-corrected chi connectivity index (χ4v) is 2.33. The Hall–Kier alpha value is -1.60. The third-order valence-electron chi connectivity index (χ3n) is 3.41. The minimum Gasteiger partial charge on any atom is -0.396 e. The molecule has 18 heavy (non-hydrogen) atoms. The maximum absolute atomic E-state index is 9.26. The minimum atomic E-state index is 0.217. The first kappa shape index (κ1) is 12.8. The van der Waals surface area contributed by atoms with E-state index in [-0.39, 0.29) is 6.61 Å². The predicted octanol–water partition coefficient (Wildman–Crippen LogP) is 3.76. The summed E-state index contributed by atoms with van der Waals surface area (Å²) >= 11 is 0. The molecule has 0 radical (unpaired) electrons. The van der Waals surface area contributed by atoms with Crippen LogP contribution in [-0.4, -0.2) is 11.7 Å². The molecule has 1 N–H and O–H groups in total. The molecule has 1 unspecified atom stereocenters. The number of benzene rings is 2. The van der Waals surface area contributed by atoms with Crippen molar-refractivity contribution in [3.8, 4) is 0 Å². The molecular weight excluding hydrogens is 220 g/mol. The van der Waals surface area contributed by atoms with Gasteiger partial charge in [0.05, 0.1) is 0 Å². The smallest absolute Gasteiger partial charge is 0.0440 e. The van der Waals surface area contributed by atoms with E-state index < -0.39 is 0 Å². The molecule has 0 aliphatic carbocycles. The van der Waals surface area contributed by atoms with Gasteiger partial charge in [0.25, 0.3) is 0 Å². The SMILES string of the molecule is CCc1ccc(C(CCO)c2ccccc2)cc1. The molecule has 0 spiro atoms. The van der Waals surface area contributed by atoms with Crippen LogP contribution in [0.4, 0.5) is 0 Å². The maximum atomic E-state index is 9.26. The lowest BCUT2D eigenvalue weighted by Crippen LogP contribution is -2.03. The van der Waals surface area contributed by atoms with Crippen molar-refractivity contribution < 1.29 is 5.11 Å². The van der Waals surface area contributed by atoms with Gasteiger partial charge in [0, 0.05) is 12.5 Å². The van der Waals surface area contributed by atoms with Gasteiger partial charge < -0.3 is 5.11 Å². The largest absolute Gasteiger partial charge is 0.396 e. The van der Waals surface area contributed by atoms with E-state index in [1.54, 1.807) is 0 Å². The molecule has 2 aromatic rings. The summed E-state index contributed by atoms with van der Waals surface area (Å²) in [7, 11) is 0. The van der Waals surface area contributed by atoms with Crippen LogP contribution in [0.5, 0.6) is 0 Å². The standard InChI is InChI=1S/C17H20O/c1-2-14-8-10-16(11-9-14)17(12-13-18)15-6-4-3-5-7-15/h3-11,17-18H,2,12-13H2,1H3. The lowest BCUT2D eigenvalue weighted by atomic mass is 9.88. The molecule has 0 saturated heterocycles. The molecule has 0 aliphatic heterocycles. The number of aliphatic hydroxyl groups excluding tert-OH is 1. The Morgan fingerprint density at radius 1 is 0.889 bits per heavy atom. The van der Waals surface area contributed by atoms with Crippen molar-refractivity contribution in [3.05, 3.63) is 71.3 Å². The van der Waals surface area contributed by atoms with E-state index in [4.69, 9.17) is 0 Å². The quantitative estimate of drug-likeness (QED) is 0.843. The van der Waals surface area contributed by atoms with Crippen LogP contribution in [0, 0.1) is 0 Å². The second kappa shape index (κ2) is 6.36. The average Bonchev–Trinajstić information content (AvgIpc) is 2.46. The van der Waals surface area contributed by atoms with Gasteiger partial charge in [-0.1, -0.05) is 61.5 Å². The highest BCUT2D eigenvalue weighted by molar-refractivity contribution is 5.34. The molecule has 1 atom stereocenters. The fraction of sp³-hybridized carbons (Fsp3) is 0.294. The van der Waals surface area contributed by atoms with Gasteiger partial charge in [-0.05, 0) is 29.5 Å². The number of hydrogen-bond acceptors (Lipinski definition) is 1. The van der Waals surface area contributed by atoms with Gasteiger partial charge in [-0.2, -0.15) is 0 Å². The predicted molar refractivity (Wildman–Crippen MR) is 75.8 cm³/mol. The zero-order chi connectivity index (χ0) is 12.8. The Balaban J connectivity index is 2.29. The van der Waals surface area contributed by atoms with Gasteiger partial charge in [-0.25, -0.2) is 0 Å². The highest BCUT2D eigenvalue weighted by atomic mass is 16.3. The Labute approximate surface area is 109 Å². The van der Waals surface area contributed by atoms with Gasteiger partial charge in [0.2, 0.25) is 0 Å². The number of aryl methyl sites for hydroxylation is 1. The fourth-order valence-electron chi connectivity index (χ4n) is 2.33. The third kappa shape index (κ3) is 2.99. The van der Waals surface area contributed by atoms with E-state index in [1.165, 1.54) is 16.7 Å². The molecule has 94 valence electrons. The first-order valence-corrected chi connectivity index (χ1v) is 6.59. The zero-order valence-corrected chi connectivity index (χ0v) is 10.8. The van der Waals surface area contributed by atoms with Crippen LogP contribution in [0.25, 0.3) is 0 Å². The van der Waals surface area contributed by atoms with Crippen molar-refractivity contribution in [1.29, 1.82) is 0 Å². The lowest BCUT2D eigenvalue weighted by Gasteiger charge is -2.17. The van der Waals surface area contributed by atoms with Gasteiger partial charge in [-0.3, -0.25) is 0 Å². The van der Waals surface area contributed by atoms with Crippen LogP contribution >= 0.6 is 0 Å². The van der Waals surface area contributed by atoms with Crippen LogP contribution in [0.15, 0.2) is 54.6 Å². The second-order valence-corrected chi connectivity index (χ2v) is 4.57. The molecule has 1 nitrogen and oxygen atoms in total. The van der Waals surface area contributed by atoms with Gasteiger partial charge in [0.1, 0.15) is 0 Å². The Morgan fingerprint density at radius 2 is 1.50 bits per heavy atom. The van der Waals surface area contributed by atoms with E-state index in [9.17, 15) is 5.11 Å². The minimum absolute atomic E-state index is 0.217. The van der Waals surface area contributed by atoms with Crippen LogP contribution in [0.1, 0.15) is 36.0 Å². The number of rotatable bonds is 5. The average molecular weight is 240 g/mol. The first-order valence-electron chi connectivity index (χ1n) is 6.59. The van der Waals surface area contributed by atoms with Crippen molar-refractivity contribution in [3.63, 3.8) is 0 Å². The summed E-state index contributed by atoms with van der Waals surface area (Å²) in [6.07, 6.45) is 1.84. The van der Waals surface area contributed by atoms with Crippen LogP contribution in [0.2, 0.25) is 0 Å². The van der Waals surface area contributed by atoms with E-state index in [0.717, 1.165) is 12.8 Å². The third-order valence-corrected chi connectivity index (χ3v) is 3.41. The summed E-state index contributed by atoms with van der Waals surface area (Å²) in [5.74, 6) is 0.294. The van der Waals surface area contributed by atoms with Crippen molar-refractivity contribution in [1.82, 2.24) is 0 Å². The van der Waals surface area contributed by atoms with Crippen molar-refractivity contribution >= 4 is 0 Å². The van der Waals surface area contributed by atoms with Crippen LogP contribution in [0.3, 0.4) is 0 Å². The summed E-state index contributed by atoms with van der Waals surface area (Å²) in [4.78, 5) is 0. The Morgan fingerprint density at radius 3 is 2.06 bits per heavy atom. The highest BCUT2D eigenvalue weighted by Gasteiger charge is 2.12. The van der Waals surface area contributed by atoms with E-state index in [1.807, 2.05) is 6.07 Å². The topological polar surface area (TPSA) is 20.2 Å². The van der Waals surface area contributed by atoms with Gasteiger partial charge in [-0.15, -0.1) is 0 Å². The second-order valence-electron chi connectivity index (χ2n) is 4.57. The van der Waals surface area contributed by atoms with Crippen LogP contribution < -0.4 is 0 Å². The summed E-state index contributed by atoms with van der Waals surface area (Å²) < 4.78 is 0. The molecular formula is C17H20O. The van der Waals surface area contributed by atoms with Crippen molar-refractivity contribution in [2.24, 2.45) is 0 Å². The van der Waals surface area contributed by atoms with Crippen LogP contribution in [-0.2, 0) is 6.42 Å². The van der Waals surface area contributed by atoms with Gasteiger partial charge in [0.15, 0.2) is 0 Å². The number of aliphatic hydroxyl groups is 1. The van der Waals surface area contributed by atoms with Gasteiger partial charge >= 0.3 is 0 Å². The summed E-state index contributed by atoms with van der Waals surface area (Å²) in [6.45, 7) is 2.38. The summed E-state index contributed by atoms with van der Waals surface area (Å²) in [6, 6.07) is 19.1. The first-order chi connectivity index (χ1) is 8.85. The van der Waals surface area contributed by atoms with Crippen molar-refractivity contribution in [2.75, 3.05) is 6.61 Å². The molecule has 0 aliphatic rings. The highest BCUT2D eigenvalue weighted by Crippen LogP contribution is 2.27. The molecule has 2 aromatic carbocycles. The molecule has 0 heterocycles. The molecule has 0 aromatic heterocycles. The normalized spacial score (nSPS) is 12.3.